The number of carbonyl (C=O) groups excluding carboxylic acids is 1. The number of para-hydroxylation sites is 1. The number of fused-ring (bicyclic) bond motifs is 2. The summed E-state index contributed by atoms with van der Waals surface area (Å²) in [6.45, 7) is 0.408. The monoisotopic (exact) mass is 320 g/mol. The predicted octanol–water partition coefficient (Wildman–Crippen LogP) is 2.70. The van der Waals surface area contributed by atoms with E-state index in [-0.39, 0.29) is 12.0 Å². The Labute approximate surface area is 138 Å². The summed E-state index contributed by atoms with van der Waals surface area (Å²) in [6, 6.07) is 7.30. The van der Waals surface area contributed by atoms with Gasteiger partial charge in [-0.3, -0.25) is 4.79 Å². The summed E-state index contributed by atoms with van der Waals surface area (Å²) >= 11 is 0. The summed E-state index contributed by atoms with van der Waals surface area (Å²) in [7, 11) is 0. The van der Waals surface area contributed by atoms with E-state index in [0.717, 1.165) is 22.4 Å². The second-order valence-corrected chi connectivity index (χ2v) is 6.32. The molecule has 1 saturated carbocycles. The Balaban J connectivity index is 1.54. The molecule has 1 aromatic carbocycles. The molecule has 120 valence electrons. The minimum Gasteiger partial charge on any atom is -0.483 e. The molecule has 0 radical (unpaired) electrons. The molecule has 2 aliphatic rings. The van der Waals surface area contributed by atoms with Gasteiger partial charge < -0.3 is 15.0 Å². The van der Waals surface area contributed by atoms with Crippen LogP contribution in [0.3, 0.4) is 0 Å². The van der Waals surface area contributed by atoms with E-state index in [1.54, 1.807) is 6.07 Å². The van der Waals surface area contributed by atoms with Gasteiger partial charge in [0.15, 0.2) is 0 Å². The van der Waals surface area contributed by atoms with Gasteiger partial charge in [-0.05, 0) is 25.0 Å². The minimum atomic E-state index is -0.276. The van der Waals surface area contributed by atoms with Crippen LogP contribution >= 0.6 is 0 Å². The van der Waals surface area contributed by atoms with E-state index in [2.05, 4.69) is 20.3 Å². The van der Waals surface area contributed by atoms with Crippen molar-refractivity contribution in [1.29, 1.82) is 0 Å². The first-order valence-corrected chi connectivity index (χ1v) is 8.17. The van der Waals surface area contributed by atoms with Crippen LogP contribution in [0.2, 0.25) is 0 Å². The Kier molecular flexibility index (Phi) is 2.85. The Morgan fingerprint density at radius 2 is 2.08 bits per heavy atom. The Morgan fingerprint density at radius 3 is 2.96 bits per heavy atom. The van der Waals surface area contributed by atoms with Gasteiger partial charge in [-0.2, -0.15) is 0 Å². The summed E-state index contributed by atoms with van der Waals surface area (Å²) in [6.07, 6.45) is 5.84. The molecule has 1 aliphatic carbocycles. The molecule has 0 bridgehead atoms. The summed E-state index contributed by atoms with van der Waals surface area (Å²) in [5, 5.41) is 3.87. The Hall–Kier alpha value is -2.89. The molecule has 6 nitrogen and oxygen atoms in total. The number of hydrogen-bond acceptors (Lipinski definition) is 4. The lowest BCUT2D eigenvalue weighted by molar-refractivity contribution is 0.0951. The van der Waals surface area contributed by atoms with Gasteiger partial charge in [-0.25, -0.2) is 9.97 Å². The number of H-pyrrole nitrogens is 1. The molecule has 1 fully saturated rings. The quantitative estimate of drug-likeness (QED) is 0.761. The number of nitrogens with zero attached hydrogens (tertiary/aromatic N) is 2. The van der Waals surface area contributed by atoms with Crippen molar-refractivity contribution in [3.05, 3.63) is 53.6 Å². The van der Waals surface area contributed by atoms with Gasteiger partial charge in [0.05, 0.1) is 12.1 Å². The van der Waals surface area contributed by atoms with Crippen LogP contribution in [0.1, 0.15) is 46.6 Å². The highest BCUT2D eigenvalue weighted by molar-refractivity contribution is 5.97. The fourth-order valence-electron chi connectivity index (χ4n) is 3.15. The molecule has 3 heterocycles. The average molecular weight is 320 g/mol. The molecule has 2 N–H and O–H groups in total. The van der Waals surface area contributed by atoms with Gasteiger partial charge in [-0.15, -0.1) is 0 Å². The minimum absolute atomic E-state index is 0.111. The van der Waals surface area contributed by atoms with Crippen LogP contribution < -0.4 is 10.1 Å². The third-order valence-corrected chi connectivity index (χ3v) is 4.62. The number of benzene rings is 1. The van der Waals surface area contributed by atoms with E-state index in [9.17, 15) is 4.79 Å². The van der Waals surface area contributed by atoms with E-state index < -0.39 is 0 Å². The molecule has 1 aliphatic heterocycles. The standard InChI is InChI=1S/C18H16N4O2/c23-18-11-3-1-2-4-14(11)24-15(9-21-18)12-7-20-17-13(12)8-19-16(22-17)10-5-6-10/h1-4,7-8,10,15H,5-6,9H2,(H,21,23)(H,19,20,22). The van der Waals surface area contributed by atoms with Crippen molar-refractivity contribution in [3.63, 3.8) is 0 Å². The van der Waals surface area contributed by atoms with Crippen molar-refractivity contribution >= 4 is 16.9 Å². The normalized spacial score (nSPS) is 20.2. The number of rotatable bonds is 2. The highest BCUT2D eigenvalue weighted by Crippen LogP contribution is 2.39. The number of carbonyl (C=O) groups is 1. The molecule has 1 amide bonds. The van der Waals surface area contributed by atoms with E-state index in [4.69, 9.17) is 4.74 Å². The second kappa shape index (κ2) is 5.06. The van der Waals surface area contributed by atoms with E-state index in [0.29, 0.717) is 23.8 Å². The Morgan fingerprint density at radius 1 is 1.21 bits per heavy atom. The average Bonchev–Trinajstić information content (AvgIpc) is 3.40. The van der Waals surface area contributed by atoms with Crippen molar-refractivity contribution in [2.75, 3.05) is 6.54 Å². The fraction of sp³-hybridized carbons (Fsp3) is 0.278. The van der Waals surface area contributed by atoms with Gasteiger partial charge >= 0.3 is 0 Å². The third-order valence-electron chi connectivity index (χ3n) is 4.62. The summed E-state index contributed by atoms with van der Waals surface area (Å²) in [5.41, 5.74) is 2.35. The molecule has 6 heteroatoms. The number of amides is 1. The molecule has 0 spiro atoms. The van der Waals surface area contributed by atoms with Crippen LogP contribution in [0.25, 0.3) is 11.0 Å². The van der Waals surface area contributed by atoms with Crippen LogP contribution in [0.5, 0.6) is 5.75 Å². The van der Waals surface area contributed by atoms with E-state index in [1.807, 2.05) is 30.6 Å². The number of aromatic amines is 1. The van der Waals surface area contributed by atoms with Gasteiger partial charge in [-0.1, -0.05) is 12.1 Å². The topological polar surface area (TPSA) is 79.9 Å². The smallest absolute Gasteiger partial charge is 0.255 e. The lowest BCUT2D eigenvalue weighted by Crippen LogP contribution is -2.26. The predicted molar refractivity (Wildman–Crippen MR) is 88.0 cm³/mol. The van der Waals surface area contributed by atoms with Gasteiger partial charge in [0.25, 0.3) is 5.91 Å². The highest BCUT2D eigenvalue weighted by atomic mass is 16.5. The zero-order valence-electron chi connectivity index (χ0n) is 13.0. The first kappa shape index (κ1) is 13.5. The molecule has 0 saturated heterocycles. The van der Waals surface area contributed by atoms with Crippen molar-refractivity contribution in [3.8, 4) is 5.75 Å². The number of hydrogen-bond donors (Lipinski definition) is 2. The molecule has 1 unspecified atom stereocenters. The molecular formula is C18H16N4O2. The van der Waals surface area contributed by atoms with Crippen molar-refractivity contribution in [2.45, 2.75) is 24.9 Å². The first-order chi connectivity index (χ1) is 11.8. The molecule has 5 rings (SSSR count). The van der Waals surface area contributed by atoms with Gasteiger partial charge in [0.1, 0.15) is 23.3 Å². The van der Waals surface area contributed by atoms with Gasteiger partial charge in [0.2, 0.25) is 0 Å². The highest BCUT2D eigenvalue weighted by Gasteiger charge is 2.29. The molecule has 2 aromatic heterocycles. The number of nitrogens with one attached hydrogen (secondary N) is 2. The van der Waals surface area contributed by atoms with Crippen molar-refractivity contribution in [1.82, 2.24) is 20.3 Å². The Bertz CT molecular complexity index is 945. The molecule has 1 atom stereocenters. The zero-order valence-corrected chi connectivity index (χ0v) is 13.0. The fourth-order valence-corrected chi connectivity index (χ4v) is 3.15. The number of ether oxygens (including phenoxy) is 1. The van der Waals surface area contributed by atoms with Crippen molar-refractivity contribution in [2.24, 2.45) is 0 Å². The van der Waals surface area contributed by atoms with Crippen LogP contribution in [-0.2, 0) is 0 Å². The maximum absolute atomic E-state index is 12.2. The summed E-state index contributed by atoms with van der Waals surface area (Å²) in [4.78, 5) is 24.5. The van der Waals surface area contributed by atoms with Gasteiger partial charge in [0, 0.05) is 29.3 Å². The zero-order chi connectivity index (χ0) is 16.1. The van der Waals surface area contributed by atoms with Crippen LogP contribution in [0, 0.1) is 0 Å². The second-order valence-electron chi connectivity index (χ2n) is 6.32. The summed E-state index contributed by atoms with van der Waals surface area (Å²) in [5.74, 6) is 1.92. The van der Waals surface area contributed by atoms with E-state index >= 15 is 0 Å². The number of aromatic nitrogens is 3. The lowest BCUT2D eigenvalue weighted by atomic mass is 10.1. The van der Waals surface area contributed by atoms with Crippen molar-refractivity contribution < 1.29 is 9.53 Å². The largest absolute Gasteiger partial charge is 0.483 e. The SMILES string of the molecule is O=C1NCC(c2c[nH]c3nc(C4CC4)ncc23)Oc2ccccc21. The van der Waals surface area contributed by atoms with Crippen LogP contribution in [-0.4, -0.2) is 27.4 Å². The lowest BCUT2D eigenvalue weighted by Gasteiger charge is -2.16. The molecular weight excluding hydrogens is 304 g/mol. The maximum atomic E-state index is 12.2. The molecule has 24 heavy (non-hydrogen) atoms. The first-order valence-electron chi connectivity index (χ1n) is 8.17. The maximum Gasteiger partial charge on any atom is 0.255 e. The summed E-state index contributed by atoms with van der Waals surface area (Å²) < 4.78 is 6.11. The van der Waals surface area contributed by atoms with Crippen LogP contribution in [0.15, 0.2) is 36.7 Å². The van der Waals surface area contributed by atoms with E-state index in [1.165, 1.54) is 12.8 Å². The van der Waals surface area contributed by atoms with Crippen LogP contribution in [0.4, 0.5) is 0 Å². The third kappa shape index (κ3) is 2.14. The molecule has 3 aromatic rings.